The lowest BCUT2D eigenvalue weighted by molar-refractivity contribution is -0.147. The molecule has 2 amide bonds. The summed E-state index contributed by atoms with van der Waals surface area (Å²) in [7, 11) is 0. The zero-order valence-electron chi connectivity index (χ0n) is 13.2. The van der Waals surface area contributed by atoms with Crippen LogP contribution in [-0.4, -0.2) is 47.7 Å². The number of carbonyl (C=O) groups is 2. The maximum absolute atomic E-state index is 12.1. The van der Waals surface area contributed by atoms with Crippen LogP contribution in [0.1, 0.15) is 20.3 Å². The minimum atomic E-state index is -0.868. The Morgan fingerprint density at radius 3 is 2.65 bits per heavy atom. The Kier molecular flexibility index (Phi) is 5.36. The van der Waals surface area contributed by atoms with E-state index in [-0.39, 0.29) is 18.7 Å². The van der Waals surface area contributed by atoms with Crippen LogP contribution in [0.15, 0.2) is 24.3 Å². The molecule has 1 saturated heterocycles. The normalized spacial score (nSPS) is 21.8. The maximum Gasteiger partial charge on any atom is 0.317 e. The number of carboxylic acid groups (broad SMARTS) is 1. The van der Waals surface area contributed by atoms with Crippen LogP contribution in [0.25, 0.3) is 0 Å². The van der Waals surface area contributed by atoms with Gasteiger partial charge in [0.05, 0.1) is 12.0 Å². The molecule has 0 spiro atoms. The average molecular weight is 341 g/mol. The summed E-state index contributed by atoms with van der Waals surface area (Å²) >= 11 is 5.81. The molecule has 23 heavy (non-hydrogen) atoms. The van der Waals surface area contributed by atoms with Crippen molar-refractivity contribution in [3.05, 3.63) is 29.3 Å². The van der Waals surface area contributed by atoms with Gasteiger partial charge in [-0.25, -0.2) is 4.79 Å². The average Bonchev–Trinajstić information content (AvgIpc) is 2.91. The van der Waals surface area contributed by atoms with Crippen molar-refractivity contribution in [1.29, 1.82) is 0 Å². The monoisotopic (exact) mass is 340 g/mol. The SMILES string of the molecule is C[C@@H](CNC(=O)N1CCC(C)(C(=O)O)C1)Oc1ccc(Cl)cc1. The van der Waals surface area contributed by atoms with Gasteiger partial charge in [0.1, 0.15) is 11.9 Å². The molecular weight excluding hydrogens is 320 g/mol. The van der Waals surface area contributed by atoms with E-state index in [4.69, 9.17) is 16.3 Å². The Balaban J connectivity index is 1.78. The van der Waals surface area contributed by atoms with Gasteiger partial charge in [-0.1, -0.05) is 11.6 Å². The molecule has 0 radical (unpaired) electrons. The van der Waals surface area contributed by atoms with Crippen LogP contribution in [0.4, 0.5) is 4.79 Å². The van der Waals surface area contributed by atoms with E-state index in [2.05, 4.69) is 5.32 Å². The largest absolute Gasteiger partial charge is 0.489 e. The highest BCUT2D eigenvalue weighted by atomic mass is 35.5. The number of carboxylic acids is 1. The van der Waals surface area contributed by atoms with Gasteiger partial charge >= 0.3 is 12.0 Å². The second-order valence-electron chi connectivity index (χ2n) is 6.11. The Morgan fingerprint density at radius 1 is 1.43 bits per heavy atom. The number of rotatable bonds is 5. The fourth-order valence-corrected chi connectivity index (χ4v) is 2.56. The zero-order chi connectivity index (χ0) is 17.0. The summed E-state index contributed by atoms with van der Waals surface area (Å²) in [5.74, 6) is -0.192. The first kappa shape index (κ1) is 17.4. The molecule has 2 rings (SSSR count). The molecule has 0 aliphatic carbocycles. The van der Waals surface area contributed by atoms with Crippen LogP contribution in [0.2, 0.25) is 5.02 Å². The van der Waals surface area contributed by atoms with E-state index in [0.717, 1.165) is 0 Å². The summed E-state index contributed by atoms with van der Waals surface area (Å²) in [5.41, 5.74) is -0.858. The lowest BCUT2D eigenvalue weighted by atomic mass is 9.90. The molecule has 0 saturated carbocycles. The molecule has 2 atom stereocenters. The summed E-state index contributed by atoms with van der Waals surface area (Å²) in [6.45, 7) is 4.51. The van der Waals surface area contributed by atoms with E-state index in [1.807, 2.05) is 6.92 Å². The number of amides is 2. The van der Waals surface area contributed by atoms with E-state index in [9.17, 15) is 14.7 Å². The Hall–Kier alpha value is -1.95. The molecule has 7 heteroatoms. The highest BCUT2D eigenvalue weighted by Gasteiger charge is 2.42. The number of nitrogens with zero attached hydrogens (tertiary/aromatic N) is 1. The van der Waals surface area contributed by atoms with Crippen LogP contribution in [-0.2, 0) is 4.79 Å². The summed E-state index contributed by atoms with van der Waals surface area (Å²) in [6, 6.07) is 6.73. The van der Waals surface area contributed by atoms with Gasteiger partial charge in [0.2, 0.25) is 0 Å². The number of nitrogens with one attached hydrogen (secondary N) is 1. The Labute approximate surface area is 140 Å². The molecule has 1 aromatic rings. The van der Waals surface area contributed by atoms with Crippen LogP contribution >= 0.6 is 11.6 Å². The zero-order valence-corrected chi connectivity index (χ0v) is 14.0. The van der Waals surface area contributed by atoms with Crippen LogP contribution in [0, 0.1) is 5.41 Å². The third kappa shape index (κ3) is 4.51. The third-order valence-corrected chi connectivity index (χ3v) is 4.22. The lowest BCUT2D eigenvalue weighted by Crippen LogP contribution is -2.43. The molecule has 6 nitrogen and oxygen atoms in total. The standard InChI is InChI=1S/C16H21ClN2O4/c1-11(23-13-5-3-12(17)4-6-13)9-18-15(22)19-8-7-16(2,10-19)14(20)21/h3-6,11H,7-10H2,1-2H3,(H,18,22)(H,20,21)/t11-,16?/m0/s1. The number of ether oxygens (including phenoxy) is 1. The quantitative estimate of drug-likeness (QED) is 0.863. The van der Waals surface area contributed by atoms with Crippen molar-refractivity contribution < 1.29 is 19.4 Å². The number of carbonyl (C=O) groups excluding carboxylic acids is 1. The second kappa shape index (κ2) is 7.08. The molecule has 1 heterocycles. The van der Waals surface area contributed by atoms with Gasteiger partial charge < -0.3 is 20.1 Å². The number of aliphatic carboxylic acids is 1. The molecule has 0 aromatic heterocycles. The molecule has 1 unspecified atom stereocenters. The van der Waals surface area contributed by atoms with Gasteiger partial charge in [-0.15, -0.1) is 0 Å². The molecule has 1 aliphatic heterocycles. The molecule has 1 aliphatic rings. The van der Waals surface area contributed by atoms with E-state index < -0.39 is 11.4 Å². The summed E-state index contributed by atoms with van der Waals surface area (Å²) in [5, 5.41) is 12.6. The third-order valence-electron chi connectivity index (χ3n) is 3.97. The highest BCUT2D eigenvalue weighted by Crippen LogP contribution is 2.29. The van der Waals surface area contributed by atoms with Gasteiger partial charge in [-0.2, -0.15) is 0 Å². The van der Waals surface area contributed by atoms with Gasteiger partial charge in [0.15, 0.2) is 0 Å². The molecule has 2 N–H and O–H groups in total. The van der Waals surface area contributed by atoms with Crippen molar-refractivity contribution in [1.82, 2.24) is 10.2 Å². The summed E-state index contributed by atoms with van der Waals surface area (Å²) in [6.07, 6.45) is 0.251. The van der Waals surface area contributed by atoms with Crippen molar-refractivity contribution in [2.45, 2.75) is 26.4 Å². The van der Waals surface area contributed by atoms with E-state index in [1.54, 1.807) is 31.2 Å². The van der Waals surface area contributed by atoms with Gasteiger partial charge in [0.25, 0.3) is 0 Å². The molecule has 126 valence electrons. The fraction of sp³-hybridized carbons (Fsp3) is 0.500. The van der Waals surface area contributed by atoms with E-state index in [1.165, 1.54) is 4.90 Å². The first-order chi connectivity index (χ1) is 10.8. The van der Waals surface area contributed by atoms with Crippen LogP contribution in [0.5, 0.6) is 5.75 Å². The number of urea groups is 1. The Bertz CT molecular complexity index is 578. The van der Waals surface area contributed by atoms with Crippen molar-refractivity contribution in [3.8, 4) is 5.75 Å². The predicted molar refractivity (Wildman–Crippen MR) is 86.9 cm³/mol. The van der Waals surface area contributed by atoms with Crippen LogP contribution < -0.4 is 10.1 Å². The minimum Gasteiger partial charge on any atom is -0.489 e. The van der Waals surface area contributed by atoms with E-state index >= 15 is 0 Å². The van der Waals surface area contributed by atoms with Crippen molar-refractivity contribution in [2.75, 3.05) is 19.6 Å². The fourth-order valence-electron chi connectivity index (χ4n) is 2.44. The number of benzene rings is 1. The summed E-state index contributed by atoms with van der Waals surface area (Å²) in [4.78, 5) is 24.8. The summed E-state index contributed by atoms with van der Waals surface area (Å²) < 4.78 is 5.68. The molecular formula is C16H21ClN2O4. The van der Waals surface area contributed by atoms with Crippen LogP contribution in [0.3, 0.4) is 0 Å². The number of likely N-dealkylation sites (tertiary alicyclic amines) is 1. The van der Waals surface area contributed by atoms with Crippen molar-refractivity contribution >= 4 is 23.6 Å². The first-order valence-electron chi connectivity index (χ1n) is 7.48. The van der Waals surface area contributed by atoms with Gasteiger partial charge in [-0.3, -0.25) is 4.79 Å². The molecule has 0 bridgehead atoms. The van der Waals surface area contributed by atoms with Gasteiger partial charge in [-0.05, 0) is 44.5 Å². The molecule has 1 fully saturated rings. The highest BCUT2D eigenvalue weighted by molar-refractivity contribution is 6.30. The number of hydrogen-bond donors (Lipinski definition) is 2. The Morgan fingerprint density at radius 2 is 2.09 bits per heavy atom. The second-order valence-corrected chi connectivity index (χ2v) is 6.54. The number of halogens is 1. The first-order valence-corrected chi connectivity index (χ1v) is 7.86. The lowest BCUT2D eigenvalue weighted by Gasteiger charge is -2.22. The maximum atomic E-state index is 12.1. The molecule has 1 aromatic carbocycles. The van der Waals surface area contributed by atoms with Crippen molar-refractivity contribution in [2.24, 2.45) is 5.41 Å². The van der Waals surface area contributed by atoms with Crippen molar-refractivity contribution in [3.63, 3.8) is 0 Å². The van der Waals surface area contributed by atoms with Gasteiger partial charge in [0, 0.05) is 18.1 Å². The van der Waals surface area contributed by atoms with E-state index in [0.29, 0.717) is 30.3 Å². The minimum absolute atomic E-state index is 0.214. The smallest absolute Gasteiger partial charge is 0.317 e. The predicted octanol–water partition coefficient (Wildman–Crippen LogP) is 2.61. The topological polar surface area (TPSA) is 78.9 Å². The number of hydrogen-bond acceptors (Lipinski definition) is 3.